The molecule has 0 fully saturated rings. The van der Waals surface area contributed by atoms with Gasteiger partial charge in [-0.15, -0.1) is 20.5 Å². The molecule has 298 valence electrons. The Morgan fingerprint density at radius 2 is 0.517 bits per heavy atom. The second kappa shape index (κ2) is 21.1. The van der Waals surface area contributed by atoms with E-state index < -0.39 is 35.0 Å². The van der Waals surface area contributed by atoms with Gasteiger partial charge >= 0.3 is 0 Å². The Bertz CT molecular complexity index is 2010. The molecule has 0 aliphatic heterocycles. The predicted octanol–water partition coefficient (Wildman–Crippen LogP) is -0.405. The molecule has 7 aromatic carbocycles. The molecule has 0 heterocycles. The monoisotopic (exact) mass is 854 g/mol. The van der Waals surface area contributed by atoms with Crippen molar-refractivity contribution in [2.24, 2.45) is 0 Å². The molecule has 12 heteroatoms. The van der Waals surface area contributed by atoms with Crippen LogP contribution in [0, 0.1) is 20.5 Å². The van der Waals surface area contributed by atoms with Gasteiger partial charge in [-0.3, -0.25) is 0 Å². The van der Waals surface area contributed by atoms with E-state index >= 15 is 0 Å². The molecule has 58 heavy (non-hydrogen) atoms. The minimum Gasteiger partial charge on any atom is -0.222 e. The smallest absolute Gasteiger partial charge is 0.116 e. The molecule has 8 nitrogen and oxygen atoms in total. The van der Waals surface area contributed by atoms with Crippen molar-refractivity contribution >= 4 is 46.4 Å². The van der Waals surface area contributed by atoms with Gasteiger partial charge in [-0.25, -0.2) is 37.3 Å². The second-order valence-corrected chi connectivity index (χ2v) is 21.8. The van der Waals surface area contributed by atoms with Crippen molar-refractivity contribution in [3.63, 3.8) is 0 Å². The third kappa shape index (κ3) is 12.6. The average Bonchev–Trinajstić information content (AvgIpc) is 3.23. The van der Waals surface area contributed by atoms with Crippen molar-refractivity contribution in [3.05, 3.63) is 217 Å². The van der Waals surface area contributed by atoms with E-state index in [1.54, 1.807) is 0 Å². The standard InChI is InChI=1S/C46H42P2.2ClHO4/c1-7-25-41(26-8-1)47(42-27-9-2-10-28-42,43-29-11-3-12-30-43)37-21-24-39-22-19-20-23-40(39)38-48(44-31-13-4-14-32-44,45-33-15-5-16-34-45)46-35-17-6-18-36-46;2*2-1(3,4)5/h1-20,22-23,25-36H,21,24,37-38H2;2*(H,2,3,4,5)/q+2;;/p-2. The van der Waals surface area contributed by atoms with Crippen molar-refractivity contribution in [2.45, 2.75) is 19.0 Å². The fourth-order valence-corrected chi connectivity index (χ4v) is 16.0. The lowest BCUT2D eigenvalue weighted by molar-refractivity contribution is -2.00. The van der Waals surface area contributed by atoms with E-state index in [4.69, 9.17) is 37.3 Å². The van der Waals surface area contributed by atoms with Crippen molar-refractivity contribution in [2.75, 3.05) is 6.16 Å². The summed E-state index contributed by atoms with van der Waals surface area (Å²) in [7, 11) is -13.8. The summed E-state index contributed by atoms with van der Waals surface area (Å²) >= 11 is 0. The molecule has 0 saturated heterocycles. The lowest BCUT2D eigenvalue weighted by Crippen LogP contribution is -2.68. The van der Waals surface area contributed by atoms with Crippen LogP contribution in [0.4, 0.5) is 0 Å². The maximum Gasteiger partial charge on any atom is 0.116 e. The summed E-state index contributed by atoms with van der Waals surface area (Å²) < 4.78 is 67.9. The lowest BCUT2D eigenvalue weighted by Gasteiger charge is -2.29. The number of rotatable bonds is 12. The highest BCUT2D eigenvalue weighted by atomic mass is 35.7. The Balaban J connectivity index is 0.000000574. The van der Waals surface area contributed by atoms with Crippen LogP contribution >= 0.6 is 14.5 Å². The molecular weight excluding hydrogens is 813 g/mol. The van der Waals surface area contributed by atoms with Crippen molar-refractivity contribution in [3.8, 4) is 0 Å². The first-order valence-corrected chi connectivity index (χ1v) is 24.6. The summed E-state index contributed by atoms with van der Waals surface area (Å²) in [5.41, 5.74) is 2.93. The first-order valence-electron chi connectivity index (χ1n) is 18.2. The maximum atomic E-state index is 8.49. The Hall–Kier alpha value is -4.34. The molecule has 0 N–H and O–H groups in total. The van der Waals surface area contributed by atoms with Crippen LogP contribution in [0.2, 0.25) is 0 Å². The van der Waals surface area contributed by atoms with Crippen molar-refractivity contribution in [1.29, 1.82) is 0 Å². The number of hydrogen-bond donors (Lipinski definition) is 0. The molecule has 0 saturated carbocycles. The van der Waals surface area contributed by atoms with Gasteiger partial charge in [0.15, 0.2) is 0 Å². The van der Waals surface area contributed by atoms with Gasteiger partial charge in [0.05, 0.1) is 12.3 Å². The molecule has 0 aliphatic rings. The summed E-state index contributed by atoms with van der Waals surface area (Å²) in [5.74, 6) is 0. The highest BCUT2D eigenvalue weighted by Gasteiger charge is 2.47. The first kappa shape index (κ1) is 44.8. The van der Waals surface area contributed by atoms with Crippen LogP contribution in [-0.2, 0) is 12.6 Å². The molecule has 0 unspecified atom stereocenters. The van der Waals surface area contributed by atoms with Gasteiger partial charge in [0.2, 0.25) is 0 Å². The van der Waals surface area contributed by atoms with Gasteiger partial charge < -0.3 is 0 Å². The molecule has 7 aromatic rings. The van der Waals surface area contributed by atoms with Gasteiger partial charge in [-0.1, -0.05) is 133 Å². The minimum absolute atomic E-state index is 0.998. The van der Waals surface area contributed by atoms with Crippen molar-refractivity contribution in [1.82, 2.24) is 0 Å². The summed E-state index contributed by atoms with van der Waals surface area (Å²) in [6.07, 6.45) is 4.27. The van der Waals surface area contributed by atoms with Crippen molar-refractivity contribution < 1.29 is 57.8 Å². The van der Waals surface area contributed by atoms with Gasteiger partial charge in [0, 0.05) is 0 Å². The summed E-state index contributed by atoms with van der Waals surface area (Å²) in [5, 5.41) is 8.66. The second-order valence-electron chi connectivity index (χ2n) is 13.1. The van der Waals surface area contributed by atoms with Gasteiger partial charge in [-0.05, 0) is 96.8 Å². The van der Waals surface area contributed by atoms with Crippen LogP contribution in [0.3, 0.4) is 0 Å². The van der Waals surface area contributed by atoms with Crippen LogP contribution in [-0.4, -0.2) is 6.16 Å². The Kier molecular flexibility index (Phi) is 16.3. The fourth-order valence-electron chi connectivity index (χ4n) is 7.37. The molecule has 0 aliphatic carbocycles. The van der Waals surface area contributed by atoms with E-state index in [9.17, 15) is 0 Å². The van der Waals surface area contributed by atoms with E-state index in [1.165, 1.54) is 43.0 Å². The Labute approximate surface area is 345 Å². The van der Waals surface area contributed by atoms with E-state index in [0.717, 1.165) is 25.2 Å². The van der Waals surface area contributed by atoms with Crippen LogP contribution in [0.5, 0.6) is 0 Å². The minimum atomic E-state index is -4.94. The third-order valence-electron chi connectivity index (χ3n) is 9.65. The normalized spacial score (nSPS) is 11.7. The number of halogens is 2. The fraction of sp³-hybridized carbons (Fsp3) is 0.0870. The van der Waals surface area contributed by atoms with Gasteiger partial charge in [-0.2, -0.15) is 0 Å². The molecule has 0 amide bonds. The van der Waals surface area contributed by atoms with E-state index in [2.05, 4.69) is 206 Å². The zero-order valence-electron chi connectivity index (χ0n) is 31.4. The largest absolute Gasteiger partial charge is 0.222 e. The zero-order chi connectivity index (χ0) is 41.5. The zero-order valence-corrected chi connectivity index (χ0v) is 34.7. The van der Waals surface area contributed by atoms with Gasteiger partial charge in [0.25, 0.3) is 0 Å². The van der Waals surface area contributed by atoms with E-state index in [0.29, 0.717) is 0 Å². The Morgan fingerprint density at radius 1 is 0.293 bits per heavy atom. The maximum absolute atomic E-state index is 8.49. The Morgan fingerprint density at radius 3 is 0.793 bits per heavy atom. The highest BCUT2D eigenvalue weighted by molar-refractivity contribution is 7.96. The summed E-state index contributed by atoms with van der Waals surface area (Å²) in [4.78, 5) is 0. The summed E-state index contributed by atoms with van der Waals surface area (Å²) in [6.45, 7) is 0. The quantitative estimate of drug-likeness (QED) is 0.149. The van der Waals surface area contributed by atoms with Crippen LogP contribution < -0.4 is 69.1 Å². The molecule has 0 atom stereocenters. The summed E-state index contributed by atoms with van der Waals surface area (Å²) in [6, 6.07) is 77.0. The van der Waals surface area contributed by atoms with Crippen LogP contribution in [0.1, 0.15) is 17.5 Å². The molecule has 7 rings (SSSR count). The van der Waals surface area contributed by atoms with Crippen LogP contribution in [0.15, 0.2) is 206 Å². The number of aryl methyl sites for hydroxylation is 1. The topological polar surface area (TPSA) is 184 Å². The third-order valence-corrected chi connectivity index (χ3v) is 18.5. The number of benzene rings is 7. The lowest BCUT2D eigenvalue weighted by atomic mass is 10.0. The SMILES string of the molecule is [O-][Cl+3]([O-])([O-])[O-].[O-][Cl+3]([O-])([O-])[O-].c1ccc([P+](CCCc2ccccc2C[P+](c2ccccc2)(c2ccccc2)c2ccccc2)(c2ccccc2)c2ccccc2)cc1. The van der Waals surface area contributed by atoms with E-state index in [1.807, 2.05) is 0 Å². The number of hydrogen-bond acceptors (Lipinski definition) is 8. The predicted molar refractivity (Wildman–Crippen MR) is 214 cm³/mol. The van der Waals surface area contributed by atoms with Gasteiger partial charge in [0.1, 0.15) is 46.4 Å². The molecular formula is C46H42Cl2O8P2. The van der Waals surface area contributed by atoms with Crippen LogP contribution in [0.25, 0.3) is 0 Å². The molecule has 0 bridgehead atoms. The molecule has 0 radical (unpaired) electrons. The molecule has 0 spiro atoms. The molecule has 0 aromatic heterocycles. The average molecular weight is 856 g/mol. The first-order chi connectivity index (χ1) is 27.8. The highest BCUT2D eigenvalue weighted by Crippen LogP contribution is 2.59. The van der Waals surface area contributed by atoms with E-state index in [-0.39, 0.29) is 0 Å².